The molecule has 6 nitrogen and oxygen atoms in total. The number of aryl methyl sites for hydroxylation is 2. The van der Waals surface area contributed by atoms with Crippen LogP contribution in [0.2, 0.25) is 0 Å². The number of amides is 1. The first-order valence-electron chi connectivity index (χ1n) is 7.18. The fourth-order valence-electron chi connectivity index (χ4n) is 2.11. The molecule has 0 bridgehead atoms. The van der Waals surface area contributed by atoms with Gasteiger partial charge in [0.05, 0.1) is 18.7 Å². The Morgan fingerprint density at radius 3 is 2.91 bits per heavy atom. The molecule has 2 heterocycles. The van der Waals surface area contributed by atoms with E-state index in [0.29, 0.717) is 17.9 Å². The van der Waals surface area contributed by atoms with E-state index in [1.165, 1.54) is 5.56 Å². The molecule has 1 aromatic carbocycles. The maximum absolute atomic E-state index is 11.9. The van der Waals surface area contributed by atoms with Gasteiger partial charge in [-0.1, -0.05) is 34.1 Å². The van der Waals surface area contributed by atoms with Crippen molar-refractivity contribution in [2.24, 2.45) is 0 Å². The highest BCUT2D eigenvalue weighted by Crippen LogP contribution is 2.24. The molecule has 118 valence electrons. The number of benzene rings is 1. The van der Waals surface area contributed by atoms with Crippen molar-refractivity contribution in [3.05, 3.63) is 52.3 Å². The first-order chi connectivity index (χ1) is 11.1. The van der Waals surface area contributed by atoms with E-state index in [1.54, 1.807) is 18.3 Å². The SMILES string of the molecule is Cc1cccc(-c2nc(CNC(=O)Cc3nonc3C)cs2)c1. The molecule has 1 N–H and O–H groups in total. The van der Waals surface area contributed by atoms with Gasteiger partial charge in [0.25, 0.3) is 0 Å². The Kier molecular flexibility index (Phi) is 4.47. The molecule has 0 radical (unpaired) electrons. The van der Waals surface area contributed by atoms with Crippen LogP contribution in [0.25, 0.3) is 10.6 Å². The Morgan fingerprint density at radius 1 is 1.30 bits per heavy atom. The maximum Gasteiger partial charge on any atom is 0.226 e. The van der Waals surface area contributed by atoms with E-state index in [9.17, 15) is 4.79 Å². The van der Waals surface area contributed by atoms with Crippen molar-refractivity contribution >= 4 is 17.2 Å². The molecule has 23 heavy (non-hydrogen) atoms. The average molecular weight is 328 g/mol. The zero-order valence-corrected chi connectivity index (χ0v) is 13.7. The third-order valence-electron chi connectivity index (χ3n) is 3.36. The minimum atomic E-state index is -0.131. The van der Waals surface area contributed by atoms with Crippen LogP contribution in [0, 0.1) is 13.8 Å². The lowest BCUT2D eigenvalue weighted by atomic mass is 10.1. The molecule has 0 spiro atoms. The third-order valence-corrected chi connectivity index (χ3v) is 4.30. The van der Waals surface area contributed by atoms with Crippen LogP contribution >= 0.6 is 11.3 Å². The Labute approximate surface area is 137 Å². The van der Waals surface area contributed by atoms with Gasteiger partial charge < -0.3 is 5.32 Å². The predicted octanol–water partition coefficient (Wildman–Crippen LogP) is 2.67. The van der Waals surface area contributed by atoms with Gasteiger partial charge in [-0.2, -0.15) is 0 Å². The number of hydrogen-bond donors (Lipinski definition) is 1. The summed E-state index contributed by atoms with van der Waals surface area (Å²) in [6, 6.07) is 8.21. The molecule has 0 aliphatic rings. The summed E-state index contributed by atoms with van der Waals surface area (Å²) in [6.07, 6.45) is 0.157. The number of nitrogens with zero attached hydrogens (tertiary/aromatic N) is 3. The molecule has 0 fully saturated rings. The molecule has 3 aromatic rings. The number of nitrogens with one attached hydrogen (secondary N) is 1. The highest BCUT2D eigenvalue weighted by molar-refractivity contribution is 7.13. The van der Waals surface area contributed by atoms with E-state index < -0.39 is 0 Å². The van der Waals surface area contributed by atoms with Gasteiger partial charge in [-0.15, -0.1) is 11.3 Å². The van der Waals surface area contributed by atoms with Crippen LogP contribution in [0.15, 0.2) is 34.3 Å². The van der Waals surface area contributed by atoms with Gasteiger partial charge in [-0.25, -0.2) is 9.61 Å². The summed E-state index contributed by atoms with van der Waals surface area (Å²) in [5.74, 6) is -0.131. The summed E-state index contributed by atoms with van der Waals surface area (Å²) in [5, 5.41) is 13.1. The maximum atomic E-state index is 11.9. The number of hydrogen-bond acceptors (Lipinski definition) is 6. The molecule has 0 atom stereocenters. The van der Waals surface area contributed by atoms with Crippen LogP contribution in [0.5, 0.6) is 0 Å². The van der Waals surface area contributed by atoms with Gasteiger partial charge in [0.1, 0.15) is 16.4 Å². The van der Waals surface area contributed by atoms with Gasteiger partial charge in [0, 0.05) is 10.9 Å². The molecule has 0 aliphatic heterocycles. The molecular formula is C16H16N4O2S. The van der Waals surface area contributed by atoms with Gasteiger partial charge in [0.15, 0.2) is 0 Å². The van der Waals surface area contributed by atoms with Gasteiger partial charge in [-0.05, 0) is 19.9 Å². The number of carbonyl (C=O) groups excluding carboxylic acids is 1. The van der Waals surface area contributed by atoms with Gasteiger partial charge in [-0.3, -0.25) is 4.79 Å². The number of aromatic nitrogens is 3. The second-order valence-corrected chi connectivity index (χ2v) is 6.12. The van der Waals surface area contributed by atoms with Gasteiger partial charge in [0.2, 0.25) is 5.91 Å². The molecule has 7 heteroatoms. The van der Waals surface area contributed by atoms with Crippen molar-refractivity contribution in [2.75, 3.05) is 0 Å². The fraction of sp³-hybridized carbons (Fsp3) is 0.250. The molecule has 0 saturated heterocycles. The van der Waals surface area contributed by atoms with Crippen molar-refractivity contribution < 1.29 is 9.42 Å². The average Bonchev–Trinajstić information content (AvgIpc) is 3.15. The molecule has 3 rings (SSSR count). The molecule has 2 aromatic heterocycles. The van der Waals surface area contributed by atoms with Crippen LogP contribution in [0.1, 0.15) is 22.6 Å². The smallest absolute Gasteiger partial charge is 0.226 e. The second-order valence-electron chi connectivity index (χ2n) is 5.26. The van der Waals surface area contributed by atoms with Crippen LogP contribution in [0.3, 0.4) is 0 Å². The van der Waals surface area contributed by atoms with Crippen LogP contribution in [-0.4, -0.2) is 21.2 Å². The minimum absolute atomic E-state index is 0.131. The van der Waals surface area contributed by atoms with Crippen LogP contribution < -0.4 is 5.32 Å². The highest BCUT2D eigenvalue weighted by Gasteiger charge is 2.11. The topological polar surface area (TPSA) is 80.9 Å². The minimum Gasteiger partial charge on any atom is -0.350 e. The van der Waals surface area contributed by atoms with Crippen LogP contribution in [0.4, 0.5) is 0 Å². The zero-order chi connectivity index (χ0) is 16.2. The van der Waals surface area contributed by atoms with E-state index in [4.69, 9.17) is 0 Å². The molecule has 1 amide bonds. The summed E-state index contributed by atoms with van der Waals surface area (Å²) < 4.78 is 4.58. The summed E-state index contributed by atoms with van der Waals surface area (Å²) in [6.45, 7) is 4.21. The van der Waals surface area contributed by atoms with Gasteiger partial charge >= 0.3 is 0 Å². The first kappa shape index (κ1) is 15.4. The largest absolute Gasteiger partial charge is 0.350 e. The number of rotatable bonds is 5. The Balaban J connectivity index is 1.59. The van der Waals surface area contributed by atoms with Crippen LogP contribution in [-0.2, 0) is 17.8 Å². The van der Waals surface area contributed by atoms with Crippen molar-refractivity contribution in [2.45, 2.75) is 26.8 Å². The predicted molar refractivity (Wildman–Crippen MR) is 86.9 cm³/mol. The monoisotopic (exact) mass is 328 g/mol. The number of carbonyl (C=O) groups is 1. The standard InChI is InChI=1S/C16H16N4O2S/c1-10-4-3-5-12(6-10)16-18-13(9-23-16)8-17-15(21)7-14-11(2)19-22-20-14/h3-6,9H,7-8H2,1-2H3,(H,17,21). The summed E-state index contributed by atoms with van der Waals surface area (Å²) in [5.41, 5.74) is 4.33. The zero-order valence-electron chi connectivity index (χ0n) is 12.9. The van der Waals surface area contributed by atoms with E-state index in [2.05, 4.69) is 44.3 Å². The Hall–Kier alpha value is -2.54. The third kappa shape index (κ3) is 3.81. The summed E-state index contributed by atoms with van der Waals surface area (Å²) in [7, 11) is 0. The Bertz CT molecular complexity index is 825. The Morgan fingerprint density at radius 2 is 2.17 bits per heavy atom. The van der Waals surface area contributed by atoms with Crippen molar-refractivity contribution in [1.29, 1.82) is 0 Å². The first-order valence-corrected chi connectivity index (χ1v) is 8.06. The molecular weight excluding hydrogens is 312 g/mol. The quantitative estimate of drug-likeness (QED) is 0.779. The van der Waals surface area contributed by atoms with Crippen molar-refractivity contribution in [3.8, 4) is 10.6 Å². The van der Waals surface area contributed by atoms with E-state index >= 15 is 0 Å². The molecule has 0 unspecified atom stereocenters. The lowest BCUT2D eigenvalue weighted by molar-refractivity contribution is -0.120. The highest BCUT2D eigenvalue weighted by atomic mass is 32.1. The summed E-state index contributed by atoms with van der Waals surface area (Å²) >= 11 is 1.57. The van der Waals surface area contributed by atoms with Crippen molar-refractivity contribution in [1.82, 2.24) is 20.6 Å². The second kappa shape index (κ2) is 6.70. The lowest BCUT2D eigenvalue weighted by Gasteiger charge is -2.01. The molecule has 0 aliphatic carbocycles. The molecule has 0 saturated carbocycles. The van der Waals surface area contributed by atoms with E-state index in [-0.39, 0.29) is 12.3 Å². The summed E-state index contributed by atoms with van der Waals surface area (Å²) in [4.78, 5) is 16.5. The normalized spacial score (nSPS) is 10.7. The lowest BCUT2D eigenvalue weighted by Crippen LogP contribution is -2.25. The fourth-order valence-corrected chi connectivity index (χ4v) is 2.93. The number of thiazole rings is 1. The van der Waals surface area contributed by atoms with Crippen molar-refractivity contribution in [3.63, 3.8) is 0 Å². The van der Waals surface area contributed by atoms with E-state index in [0.717, 1.165) is 16.3 Å². The van der Waals surface area contributed by atoms with E-state index in [1.807, 2.05) is 17.5 Å².